The average molecular weight is 291 g/mol. The van der Waals surface area contributed by atoms with Crippen LogP contribution in [0.3, 0.4) is 0 Å². The van der Waals surface area contributed by atoms with Gasteiger partial charge in [-0.05, 0) is 24.3 Å². The highest BCUT2D eigenvalue weighted by molar-refractivity contribution is 5.31. The van der Waals surface area contributed by atoms with Crippen molar-refractivity contribution in [1.29, 1.82) is 0 Å². The van der Waals surface area contributed by atoms with Crippen molar-refractivity contribution < 1.29 is 28.5 Å². The number of hydrogen-bond acceptors (Lipinski definition) is 5. The Morgan fingerprint density at radius 2 is 1.70 bits per heavy atom. The van der Waals surface area contributed by atoms with Gasteiger partial charge in [0.05, 0.1) is 7.11 Å². The van der Waals surface area contributed by atoms with Gasteiger partial charge < -0.3 is 25.0 Å². The van der Waals surface area contributed by atoms with Crippen LogP contribution in [0.2, 0.25) is 0 Å². The highest BCUT2D eigenvalue weighted by Gasteiger charge is 2.16. The number of alkyl halides is 2. The van der Waals surface area contributed by atoms with E-state index in [4.69, 9.17) is 14.6 Å². The summed E-state index contributed by atoms with van der Waals surface area (Å²) in [4.78, 5) is 0. The monoisotopic (exact) mass is 291 g/mol. The first kappa shape index (κ1) is 16.6. The quantitative estimate of drug-likeness (QED) is 0.623. The summed E-state index contributed by atoms with van der Waals surface area (Å²) >= 11 is 0. The van der Waals surface area contributed by atoms with Gasteiger partial charge in [-0.2, -0.15) is 0 Å². The molecule has 2 unspecified atom stereocenters. The van der Waals surface area contributed by atoms with Crippen LogP contribution in [-0.4, -0.2) is 55.7 Å². The maximum absolute atomic E-state index is 12.0. The largest absolute Gasteiger partial charge is 0.497 e. The third-order valence-electron chi connectivity index (χ3n) is 2.53. The molecule has 0 spiro atoms. The first-order valence-electron chi connectivity index (χ1n) is 6.14. The number of methoxy groups -OCH3 is 1. The van der Waals surface area contributed by atoms with Crippen LogP contribution in [-0.2, 0) is 0 Å². The summed E-state index contributed by atoms with van der Waals surface area (Å²) in [5.41, 5.74) is 0. The van der Waals surface area contributed by atoms with Crippen molar-refractivity contribution in [3.63, 3.8) is 0 Å². The molecule has 1 aromatic rings. The molecule has 0 aliphatic rings. The summed E-state index contributed by atoms with van der Waals surface area (Å²) in [6.07, 6.45) is -5.39. The lowest BCUT2D eigenvalue weighted by Gasteiger charge is -2.15. The number of ether oxygens (including phenoxy) is 2. The molecule has 0 bridgehead atoms. The summed E-state index contributed by atoms with van der Waals surface area (Å²) in [7, 11) is 1.55. The Kier molecular flexibility index (Phi) is 7.21. The number of halogens is 2. The molecule has 20 heavy (non-hydrogen) atoms. The van der Waals surface area contributed by atoms with E-state index >= 15 is 0 Å². The Bertz CT molecular complexity index is 375. The molecular weight excluding hydrogens is 272 g/mol. The van der Waals surface area contributed by atoms with E-state index < -0.39 is 18.6 Å². The van der Waals surface area contributed by atoms with E-state index in [0.29, 0.717) is 11.5 Å². The Hall–Kier alpha value is -1.44. The molecule has 0 amide bonds. The average Bonchev–Trinajstić information content (AvgIpc) is 2.45. The van der Waals surface area contributed by atoms with Crippen LogP contribution >= 0.6 is 0 Å². The summed E-state index contributed by atoms with van der Waals surface area (Å²) in [6, 6.07) is 6.83. The zero-order valence-electron chi connectivity index (χ0n) is 11.1. The second-order valence-electron chi connectivity index (χ2n) is 4.20. The van der Waals surface area contributed by atoms with Crippen LogP contribution in [0.25, 0.3) is 0 Å². The van der Waals surface area contributed by atoms with E-state index in [1.807, 2.05) is 0 Å². The zero-order valence-corrected chi connectivity index (χ0v) is 11.1. The Labute approximate surface area is 116 Å². The van der Waals surface area contributed by atoms with Crippen molar-refractivity contribution in [1.82, 2.24) is 5.32 Å². The van der Waals surface area contributed by atoms with Crippen molar-refractivity contribution in [3.05, 3.63) is 24.3 Å². The molecule has 0 fully saturated rings. The van der Waals surface area contributed by atoms with Gasteiger partial charge in [-0.15, -0.1) is 0 Å². The topological polar surface area (TPSA) is 71.0 Å². The minimum Gasteiger partial charge on any atom is -0.497 e. The van der Waals surface area contributed by atoms with Crippen LogP contribution in [0.15, 0.2) is 24.3 Å². The van der Waals surface area contributed by atoms with Gasteiger partial charge >= 0.3 is 0 Å². The molecule has 0 saturated carbocycles. The van der Waals surface area contributed by atoms with Gasteiger partial charge in [0.2, 0.25) is 0 Å². The normalized spacial score (nSPS) is 14.1. The summed E-state index contributed by atoms with van der Waals surface area (Å²) in [6.45, 7) is -0.207. The van der Waals surface area contributed by atoms with Gasteiger partial charge in [-0.25, -0.2) is 8.78 Å². The molecule has 7 heteroatoms. The van der Waals surface area contributed by atoms with E-state index in [-0.39, 0.29) is 19.7 Å². The van der Waals surface area contributed by atoms with Crippen LogP contribution < -0.4 is 14.8 Å². The van der Waals surface area contributed by atoms with Crippen molar-refractivity contribution in [2.24, 2.45) is 0 Å². The third kappa shape index (κ3) is 6.14. The molecule has 1 rings (SSSR count). The van der Waals surface area contributed by atoms with E-state index in [9.17, 15) is 13.9 Å². The van der Waals surface area contributed by atoms with E-state index in [1.54, 1.807) is 31.4 Å². The fourth-order valence-corrected chi connectivity index (χ4v) is 1.41. The predicted octanol–water partition coefficient (Wildman–Crippen LogP) is 0.650. The SMILES string of the molecule is COc1ccc(OCC(O)CNCC(O)C(F)F)cc1. The van der Waals surface area contributed by atoms with Gasteiger partial charge in [-0.3, -0.25) is 0 Å². The van der Waals surface area contributed by atoms with Gasteiger partial charge in [0.25, 0.3) is 6.43 Å². The van der Waals surface area contributed by atoms with Crippen LogP contribution in [0.1, 0.15) is 0 Å². The number of rotatable bonds is 9. The molecule has 0 heterocycles. The first-order valence-corrected chi connectivity index (χ1v) is 6.14. The fraction of sp³-hybridized carbons (Fsp3) is 0.538. The highest BCUT2D eigenvalue weighted by Crippen LogP contribution is 2.16. The fourth-order valence-electron chi connectivity index (χ4n) is 1.41. The Morgan fingerprint density at radius 1 is 1.10 bits per heavy atom. The molecule has 114 valence electrons. The number of hydrogen-bond donors (Lipinski definition) is 3. The van der Waals surface area contributed by atoms with Crippen molar-refractivity contribution in [2.75, 3.05) is 26.8 Å². The highest BCUT2D eigenvalue weighted by atomic mass is 19.3. The van der Waals surface area contributed by atoms with Crippen molar-refractivity contribution >= 4 is 0 Å². The Balaban J connectivity index is 2.20. The van der Waals surface area contributed by atoms with Crippen LogP contribution in [0.4, 0.5) is 8.78 Å². The van der Waals surface area contributed by atoms with Crippen molar-refractivity contribution in [2.45, 2.75) is 18.6 Å². The first-order chi connectivity index (χ1) is 9.52. The van der Waals surface area contributed by atoms with Gasteiger partial charge in [0.1, 0.15) is 30.3 Å². The molecule has 0 saturated heterocycles. The predicted molar refractivity (Wildman–Crippen MR) is 69.4 cm³/mol. The molecule has 5 nitrogen and oxygen atoms in total. The lowest BCUT2D eigenvalue weighted by Crippen LogP contribution is -2.38. The summed E-state index contributed by atoms with van der Waals surface area (Å²) in [5.74, 6) is 1.26. The van der Waals surface area contributed by atoms with Crippen LogP contribution in [0.5, 0.6) is 11.5 Å². The molecule has 2 atom stereocenters. The minimum absolute atomic E-state index is 0.0180. The number of benzene rings is 1. The standard InChI is InChI=1S/C13H19F2NO4/c1-19-10-2-4-11(5-3-10)20-8-9(17)6-16-7-12(18)13(14)15/h2-5,9,12-13,16-18H,6-8H2,1H3. The van der Waals surface area contributed by atoms with Crippen molar-refractivity contribution in [3.8, 4) is 11.5 Å². The lowest BCUT2D eigenvalue weighted by molar-refractivity contribution is -0.00529. The van der Waals surface area contributed by atoms with Gasteiger partial charge in [-0.1, -0.05) is 0 Å². The zero-order chi connectivity index (χ0) is 15.0. The van der Waals surface area contributed by atoms with E-state index in [0.717, 1.165) is 0 Å². The lowest BCUT2D eigenvalue weighted by atomic mass is 10.3. The number of nitrogens with one attached hydrogen (secondary N) is 1. The maximum Gasteiger partial charge on any atom is 0.265 e. The molecular formula is C13H19F2NO4. The third-order valence-corrected chi connectivity index (χ3v) is 2.53. The molecule has 0 aliphatic heterocycles. The summed E-state index contributed by atoms with van der Waals surface area (Å²) in [5, 5.41) is 21.0. The molecule has 0 aromatic heterocycles. The van der Waals surface area contributed by atoms with Crippen LogP contribution in [0, 0.1) is 0 Å². The van der Waals surface area contributed by atoms with Gasteiger partial charge in [0.15, 0.2) is 0 Å². The number of aliphatic hydroxyl groups is 2. The van der Waals surface area contributed by atoms with Gasteiger partial charge in [0, 0.05) is 13.1 Å². The molecule has 1 aromatic carbocycles. The minimum atomic E-state index is -2.80. The summed E-state index contributed by atoms with van der Waals surface area (Å²) < 4.78 is 34.3. The molecule has 0 aliphatic carbocycles. The van der Waals surface area contributed by atoms with E-state index in [2.05, 4.69) is 5.32 Å². The molecule has 0 radical (unpaired) electrons. The second-order valence-corrected chi connectivity index (χ2v) is 4.20. The number of aliphatic hydroxyl groups excluding tert-OH is 2. The van der Waals surface area contributed by atoms with E-state index in [1.165, 1.54) is 0 Å². The Morgan fingerprint density at radius 3 is 2.25 bits per heavy atom. The maximum atomic E-state index is 12.0. The second kappa shape index (κ2) is 8.68. The molecule has 3 N–H and O–H groups in total. The smallest absolute Gasteiger partial charge is 0.265 e.